The summed E-state index contributed by atoms with van der Waals surface area (Å²) in [5, 5.41) is 3.83. The Hall–Kier alpha value is -0.820. The van der Waals surface area contributed by atoms with Gasteiger partial charge in [0.2, 0.25) is 0 Å². The van der Waals surface area contributed by atoms with Gasteiger partial charge >= 0.3 is 0 Å². The van der Waals surface area contributed by atoms with Gasteiger partial charge in [-0.3, -0.25) is 0 Å². The molecule has 3 atom stereocenters. The van der Waals surface area contributed by atoms with Crippen molar-refractivity contribution in [2.45, 2.75) is 64.5 Å². The van der Waals surface area contributed by atoms with E-state index in [0.717, 1.165) is 30.3 Å². The SMILES string of the molecule is CC1CCC(NCc2ccccc2C2CC2)C(C)C1. The molecule has 2 saturated carbocycles. The summed E-state index contributed by atoms with van der Waals surface area (Å²) in [5.41, 5.74) is 3.14. The van der Waals surface area contributed by atoms with Crippen molar-refractivity contribution in [1.29, 1.82) is 0 Å². The third-order valence-corrected chi connectivity index (χ3v) is 5.06. The number of hydrogen-bond donors (Lipinski definition) is 1. The summed E-state index contributed by atoms with van der Waals surface area (Å²) in [4.78, 5) is 0. The van der Waals surface area contributed by atoms with Gasteiger partial charge in [-0.2, -0.15) is 0 Å². The molecular weight excluding hydrogens is 230 g/mol. The molecule has 104 valence electrons. The van der Waals surface area contributed by atoms with E-state index in [4.69, 9.17) is 0 Å². The Bertz CT molecular complexity index is 421. The molecule has 0 radical (unpaired) electrons. The summed E-state index contributed by atoms with van der Waals surface area (Å²) >= 11 is 0. The summed E-state index contributed by atoms with van der Waals surface area (Å²) in [6.07, 6.45) is 6.94. The minimum Gasteiger partial charge on any atom is -0.310 e. The van der Waals surface area contributed by atoms with E-state index in [9.17, 15) is 0 Å². The molecule has 1 heteroatoms. The fraction of sp³-hybridized carbons (Fsp3) is 0.667. The smallest absolute Gasteiger partial charge is 0.0211 e. The molecule has 0 saturated heterocycles. The third-order valence-electron chi connectivity index (χ3n) is 5.06. The van der Waals surface area contributed by atoms with E-state index < -0.39 is 0 Å². The fourth-order valence-electron chi connectivity index (χ4n) is 3.70. The van der Waals surface area contributed by atoms with E-state index in [1.807, 2.05) is 0 Å². The van der Waals surface area contributed by atoms with Gasteiger partial charge in [0.1, 0.15) is 0 Å². The van der Waals surface area contributed by atoms with Gasteiger partial charge < -0.3 is 5.32 Å². The second kappa shape index (κ2) is 5.66. The van der Waals surface area contributed by atoms with Crippen molar-refractivity contribution in [2.24, 2.45) is 11.8 Å². The zero-order valence-corrected chi connectivity index (χ0v) is 12.4. The highest BCUT2D eigenvalue weighted by atomic mass is 14.9. The molecule has 0 spiro atoms. The van der Waals surface area contributed by atoms with Crippen molar-refractivity contribution in [3.63, 3.8) is 0 Å². The average molecular weight is 257 g/mol. The topological polar surface area (TPSA) is 12.0 Å². The van der Waals surface area contributed by atoms with Crippen LogP contribution in [0.25, 0.3) is 0 Å². The summed E-state index contributed by atoms with van der Waals surface area (Å²) in [5.74, 6) is 2.62. The average Bonchev–Trinajstić information content (AvgIpc) is 3.22. The first-order valence-corrected chi connectivity index (χ1v) is 8.05. The zero-order chi connectivity index (χ0) is 13.2. The second-order valence-electron chi connectivity index (χ2n) is 6.86. The number of nitrogens with one attached hydrogen (secondary N) is 1. The van der Waals surface area contributed by atoms with Gasteiger partial charge in [-0.25, -0.2) is 0 Å². The minimum atomic E-state index is 0.725. The van der Waals surface area contributed by atoms with Gasteiger partial charge in [0.25, 0.3) is 0 Å². The summed E-state index contributed by atoms with van der Waals surface area (Å²) < 4.78 is 0. The molecule has 0 amide bonds. The number of hydrogen-bond acceptors (Lipinski definition) is 1. The monoisotopic (exact) mass is 257 g/mol. The maximum Gasteiger partial charge on any atom is 0.0211 e. The van der Waals surface area contributed by atoms with Gasteiger partial charge in [-0.05, 0) is 61.0 Å². The summed E-state index contributed by atoms with van der Waals surface area (Å²) in [6, 6.07) is 9.76. The van der Waals surface area contributed by atoms with Crippen molar-refractivity contribution < 1.29 is 0 Å². The Morgan fingerprint density at radius 1 is 1.05 bits per heavy atom. The summed E-state index contributed by atoms with van der Waals surface area (Å²) in [6.45, 7) is 5.88. The predicted octanol–water partition coefficient (Wildman–Crippen LogP) is 4.48. The largest absolute Gasteiger partial charge is 0.310 e. The molecule has 0 aliphatic heterocycles. The van der Waals surface area contributed by atoms with Crippen molar-refractivity contribution >= 4 is 0 Å². The van der Waals surface area contributed by atoms with E-state index in [2.05, 4.69) is 43.4 Å². The van der Waals surface area contributed by atoms with Crippen LogP contribution in [0.2, 0.25) is 0 Å². The van der Waals surface area contributed by atoms with Crippen molar-refractivity contribution in [2.75, 3.05) is 0 Å². The van der Waals surface area contributed by atoms with Gasteiger partial charge in [0, 0.05) is 12.6 Å². The molecule has 0 bridgehead atoms. The highest BCUT2D eigenvalue weighted by Gasteiger charge is 2.27. The highest BCUT2D eigenvalue weighted by molar-refractivity contribution is 5.33. The Kier molecular flexibility index (Phi) is 3.93. The molecule has 1 N–H and O–H groups in total. The normalized spacial score (nSPS) is 31.4. The molecule has 3 rings (SSSR count). The van der Waals surface area contributed by atoms with E-state index in [-0.39, 0.29) is 0 Å². The van der Waals surface area contributed by atoms with Crippen molar-refractivity contribution in [3.8, 4) is 0 Å². The Balaban J connectivity index is 1.60. The molecule has 0 aromatic heterocycles. The van der Waals surface area contributed by atoms with Crippen molar-refractivity contribution in [3.05, 3.63) is 35.4 Å². The van der Waals surface area contributed by atoms with Crippen LogP contribution in [-0.2, 0) is 6.54 Å². The lowest BCUT2D eigenvalue weighted by Crippen LogP contribution is -2.38. The summed E-state index contributed by atoms with van der Waals surface area (Å²) in [7, 11) is 0. The van der Waals surface area contributed by atoms with Crippen LogP contribution < -0.4 is 5.32 Å². The minimum absolute atomic E-state index is 0.725. The molecule has 0 heterocycles. The van der Waals surface area contributed by atoms with Gasteiger partial charge in [-0.1, -0.05) is 38.1 Å². The van der Waals surface area contributed by atoms with Crippen LogP contribution in [0.1, 0.15) is 63.0 Å². The fourth-order valence-corrected chi connectivity index (χ4v) is 3.70. The van der Waals surface area contributed by atoms with Crippen LogP contribution in [-0.4, -0.2) is 6.04 Å². The van der Waals surface area contributed by atoms with Crippen LogP contribution in [0.5, 0.6) is 0 Å². The van der Waals surface area contributed by atoms with Crippen LogP contribution in [0.3, 0.4) is 0 Å². The van der Waals surface area contributed by atoms with Gasteiger partial charge in [0.05, 0.1) is 0 Å². The highest BCUT2D eigenvalue weighted by Crippen LogP contribution is 2.41. The Morgan fingerprint density at radius 2 is 1.84 bits per heavy atom. The van der Waals surface area contributed by atoms with Crippen LogP contribution >= 0.6 is 0 Å². The molecule has 1 aromatic rings. The molecule has 1 aromatic carbocycles. The molecular formula is C18H27N. The zero-order valence-electron chi connectivity index (χ0n) is 12.4. The predicted molar refractivity (Wildman–Crippen MR) is 81.2 cm³/mol. The lowest BCUT2D eigenvalue weighted by molar-refractivity contribution is 0.227. The first kappa shape index (κ1) is 13.2. The Morgan fingerprint density at radius 3 is 2.58 bits per heavy atom. The van der Waals surface area contributed by atoms with Gasteiger partial charge in [0.15, 0.2) is 0 Å². The number of benzene rings is 1. The third kappa shape index (κ3) is 3.20. The molecule has 2 aliphatic rings. The van der Waals surface area contributed by atoms with E-state index >= 15 is 0 Å². The standard InChI is InChI=1S/C18H27N/c1-13-7-10-18(14(2)11-13)19-12-16-5-3-4-6-17(16)15-8-9-15/h3-6,13-15,18-19H,7-12H2,1-2H3. The van der Waals surface area contributed by atoms with E-state index in [0.29, 0.717) is 0 Å². The van der Waals surface area contributed by atoms with E-state index in [1.165, 1.54) is 37.7 Å². The second-order valence-corrected chi connectivity index (χ2v) is 6.86. The van der Waals surface area contributed by atoms with Crippen LogP contribution in [0.4, 0.5) is 0 Å². The molecule has 2 fully saturated rings. The molecule has 1 nitrogen and oxygen atoms in total. The molecule has 3 unspecified atom stereocenters. The van der Waals surface area contributed by atoms with Crippen LogP contribution in [0, 0.1) is 11.8 Å². The lowest BCUT2D eigenvalue weighted by atomic mass is 9.80. The van der Waals surface area contributed by atoms with Gasteiger partial charge in [-0.15, -0.1) is 0 Å². The first-order valence-electron chi connectivity index (χ1n) is 8.05. The lowest BCUT2D eigenvalue weighted by Gasteiger charge is -2.33. The number of rotatable bonds is 4. The first-order chi connectivity index (χ1) is 9.24. The molecule has 19 heavy (non-hydrogen) atoms. The molecule has 2 aliphatic carbocycles. The van der Waals surface area contributed by atoms with Crippen molar-refractivity contribution in [1.82, 2.24) is 5.32 Å². The van der Waals surface area contributed by atoms with E-state index in [1.54, 1.807) is 5.56 Å². The maximum atomic E-state index is 3.83. The Labute approximate surface area is 117 Å². The van der Waals surface area contributed by atoms with Crippen LogP contribution in [0.15, 0.2) is 24.3 Å². The quantitative estimate of drug-likeness (QED) is 0.838. The maximum absolute atomic E-state index is 3.83.